The number of cyclic esters (lactones) is 1. The normalized spacial score (nSPS) is 27.6. The Morgan fingerprint density at radius 3 is 2.70 bits per heavy atom. The van der Waals surface area contributed by atoms with E-state index >= 15 is 0 Å². The number of carbonyl (C=O) groups excluding carboxylic acids is 1. The number of aliphatic hydroxyl groups is 1. The first kappa shape index (κ1) is 18.5. The lowest BCUT2D eigenvalue weighted by atomic mass is 9.82. The first-order valence-corrected chi connectivity index (χ1v) is 8.70. The van der Waals surface area contributed by atoms with Gasteiger partial charge in [0.05, 0.1) is 17.7 Å². The number of aliphatic hydroxyl groups excluding tert-OH is 1. The van der Waals surface area contributed by atoms with Crippen molar-refractivity contribution in [3.8, 4) is 0 Å². The molecule has 2 N–H and O–H groups in total. The molecule has 1 saturated heterocycles. The highest BCUT2D eigenvalue weighted by Crippen LogP contribution is 2.31. The predicted octanol–water partition coefficient (Wildman–Crippen LogP) is 2.58. The van der Waals surface area contributed by atoms with Gasteiger partial charge in [-0.2, -0.15) is 0 Å². The van der Waals surface area contributed by atoms with E-state index < -0.39 is 11.7 Å². The summed E-state index contributed by atoms with van der Waals surface area (Å²) in [5.74, 6) is 0.646. The molecule has 1 aliphatic heterocycles. The van der Waals surface area contributed by atoms with Gasteiger partial charge < -0.3 is 24.6 Å². The van der Waals surface area contributed by atoms with Gasteiger partial charge in [0.2, 0.25) is 0 Å². The molecule has 0 aromatic carbocycles. The molecule has 0 aromatic rings. The minimum absolute atomic E-state index is 0.0153. The molecule has 1 amide bonds. The second-order valence-corrected chi connectivity index (χ2v) is 7.34. The Morgan fingerprint density at radius 1 is 1.35 bits per heavy atom. The van der Waals surface area contributed by atoms with E-state index in [1.165, 1.54) is 32.1 Å². The molecule has 2 fully saturated rings. The third-order valence-corrected chi connectivity index (χ3v) is 5.13. The lowest BCUT2D eigenvalue weighted by molar-refractivity contribution is -0.165. The fourth-order valence-corrected chi connectivity index (χ4v) is 3.51. The van der Waals surface area contributed by atoms with Crippen molar-refractivity contribution >= 4 is 6.09 Å². The molecule has 6 nitrogen and oxygen atoms in total. The van der Waals surface area contributed by atoms with Crippen LogP contribution in [0.15, 0.2) is 0 Å². The number of alkyl carbamates (subject to hydrolysis) is 1. The molecule has 1 saturated carbocycles. The van der Waals surface area contributed by atoms with Crippen molar-refractivity contribution in [3.63, 3.8) is 0 Å². The first-order chi connectivity index (χ1) is 10.9. The fourth-order valence-electron chi connectivity index (χ4n) is 3.51. The molecule has 0 bridgehead atoms. The number of nitrogens with one attached hydrogen (secondary N) is 1. The molecule has 23 heavy (non-hydrogen) atoms. The van der Waals surface area contributed by atoms with Gasteiger partial charge in [0.25, 0.3) is 0 Å². The molecular formula is C17H31NO5. The zero-order chi connectivity index (χ0) is 16.9. The zero-order valence-corrected chi connectivity index (χ0v) is 14.5. The first-order valence-electron chi connectivity index (χ1n) is 8.70. The summed E-state index contributed by atoms with van der Waals surface area (Å²) in [6, 6.07) is -0.0153. The molecule has 1 heterocycles. The van der Waals surface area contributed by atoms with Crippen LogP contribution in [0.4, 0.5) is 4.79 Å². The van der Waals surface area contributed by atoms with Gasteiger partial charge in [0.15, 0.2) is 0 Å². The predicted molar refractivity (Wildman–Crippen MR) is 86.0 cm³/mol. The average molecular weight is 329 g/mol. The summed E-state index contributed by atoms with van der Waals surface area (Å²) in [6.07, 6.45) is 6.21. The minimum Gasteiger partial charge on any atom is -0.444 e. The summed E-state index contributed by atoms with van der Waals surface area (Å²) in [5.41, 5.74) is -0.750. The van der Waals surface area contributed by atoms with Gasteiger partial charge in [-0.1, -0.05) is 32.1 Å². The molecule has 0 spiro atoms. The highest BCUT2D eigenvalue weighted by Gasteiger charge is 2.40. The van der Waals surface area contributed by atoms with Crippen molar-refractivity contribution < 1.29 is 24.1 Å². The largest absolute Gasteiger partial charge is 0.444 e. The smallest absolute Gasteiger partial charge is 0.407 e. The van der Waals surface area contributed by atoms with Crippen LogP contribution >= 0.6 is 0 Å². The van der Waals surface area contributed by atoms with E-state index in [4.69, 9.17) is 14.2 Å². The number of amides is 1. The van der Waals surface area contributed by atoms with Crippen molar-refractivity contribution in [2.24, 2.45) is 5.92 Å². The van der Waals surface area contributed by atoms with Crippen molar-refractivity contribution in [3.05, 3.63) is 0 Å². The molecule has 0 aromatic heterocycles. The van der Waals surface area contributed by atoms with Crippen LogP contribution in [0.1, 0.15) is 58.8 Å². The Balaban J connectivity index is 1.89. The third kappa shape index (κ3) is 5.33. The zero-order valence-electron chi connectivity index (χ0n) is 14.5. The van der Waals surface area contributed by atoms with Crippen LogP contribution in [-0.2, 0) is 14.2 Å². The van der Waals surface area contributed by atoms with Gasteiger partial charge in [-0.3, -0.25) is 0 Å². The Morgan fingerprint density at radius 2 is 2.04 bits per heavy atom. The molecule has 0 radical (unpaired) electrons. The second kappa shape index (κ2) is 8.31. The number of ether oxygens (including phenoxy) is 3. The van der Waals surface area contributed by atoms with E-state index in [1.54, 1.807) is 7.11 Å². The van der Waals surface area contributed by atoms with E-state index in [1.807, 2.05) is 13.8 Å². The summed E-state index contributed by atoms with van der Waals surface area (Å²) in [4.78, 5) is 11.6. The fraction of sp³-hybridized carbons (Fsp3) is 0.941. The monoisotopic (exact) mass is 329 g/mol. The minimum atomic E-state index is -0.750. The van der Waals surface area contributed by atoms with E-state index in [-0.39, 0.29) is 25.0 Å². The van der Waals surface area contributed by atoms with Crippen LogP contribution in [0.3, 0.4) is 0 Å². The molecule has 134 valence electrons. The number of rotatable bonds is 8. The molecule has 0 unspecified atom stereocenters. The van der Waals surface area contributed by atoms with Gasteiger partial charge in [0.1, 0.15) is 12.9 Å². The van der Waals surface area contributed by atoms with Crippen molar-refractivity contribution in [2.75, 3.05) is 13.9 Å². The third-order valence-electron chi connectivity index (χ3n) is 5.13. The Hall–Kier alpha value is -0.850. The summed E-state index contributed by atoms with van der Waals surface area (Å²) < 4.78 is 15.8. The molecule has 3 atom stereocenters. The maximum Gasteiger partial charge on any atom is 0.407 e. The Bertz CT molecular complexity index is 381. The van der Waals surface area contributed by atoms with Crippen LogP contribution in [-0.4, -0.2) is 49.0 Å². The molecular weight excluding hydrogens is 298 g/mol. The summed E-state index contributed by atoms with van der Waals surface area (Å²) in [7, 11) is 1.55. The van der Waals surface area contributed by atoms with E-state index in [2.05, 4.69) is 5.32 Å². The highest BCUT2D eigenvalue weighted by molar-refractivity contribution is 5.70. The van der Waals surface area contributed by atoms with E-state index in [9.17, 15) is 9.90 Å². The van der Waals surface area contributed by atoms with Gasteiger partial charge in [0, 0.05) is 13.5 Å². The maximum atomic E-state index is 11.6. The lowest BCUT2D eigenvalue weighted by Gasteiger charge is -2.33. The number of carbonyl (C=O) groups is 1. The quantitative estimate of drug-likeness (QED) is 0.669. The topological polar surface area (TPSA) is 77.0 Å². The van der Waals surface area contributed by atoms with Crippen LogP contribution < -0.4 is 5.32 Å². The van der Waals surface area contributed by atoms with Crippen LogP contribution in [0.25, 0.3) is 0 Å². The standard InChI is InChI=1S/C17H31NO5/c1-17(2,22-11-21-3)15(19)10-14-13(18-16(20)23-14)9-12-7-5-4-6-8-12/h12-15,19H,4-11H2,1-3H3,(H,18,20)/t13-,14-,15-/m0/s1. The van der Waals surface area contributed by atoms with E-state index in [0.717, 1.165) is 6.42 Å². The molecule has 2 rings (SSSR count). The summed E-state index contributed by atoms with van der Waals surface area (Å²) >= 11 is 0. The summed E-state index contributed by atoms with van der Waals surface area (Å²) in [6.45, 7) is 3.76. The Kier molecular flexibility index (Phi) is 6.68. The van der Waals surface area contributed by atoms with Crippen LogP contribution in [0.5, 0.6) is 0 Å². The SMILES string of the molecule is COCOC(C)(C)[C@@H](O)C[C@@H]1OC(=O)N[C@H]1CC1CCCCC1. The lowest BCUT2D eigenvalue weighted by Crippen LogP contribution is -2.44. The van der Waals surface area contributed by atoms with Crippen molar-refractivity contribution in [1.82, 2.24) is 5.32 Å². The highest BCUT2D eigenvalue weighted by atomic mass is 16.7. The Labute approximate surface area is 138 Å². The van der Waals surface area contributed by atoms with E-state index in [0.29, 0.717) is 12.3 Å². The van der Waals surface area contributed by atoms with Gasteiger partial charge >= 0.3 is 6.09 Å². The molecule has 6 heteroatoms. The number of hydrogen-bond donors (Lipinski definition) is 2. The van der Waals surface area contributed by atoms with Crippen molar-refractivity contribution in [2.45, 2.75) is 82.6 Å². The summed E-state index contributed by atoms with van der Waals surface area (Å²) in [5, 5.41) is 13.4. The average Bonchev–Trinajstić information content (AvgIpc) is 2.85. The second-order valence-electron chi connectivity index (χ2n) is 7.34. The maximum absolute atomic E-state index is 11.6. The number of hydrogen-bond acceptors (Lipinski definition) is 5. The molecule has 1 aliphatic carbocycles. The van der Waals surface area contributed by atoms with Crippen molar-refractivity contribution in [1.29, 1.82) is 0 Å². The van der Waals surface area contributed by atoms with Gasteiger partial charge in [-0.15, -0.1) is 0 Å². The number of methoxy groups -OCH3 is 1. The van der Waals surface area contributed by atoms with Crippen LogP contribution in [0, 0.1) is 5.92 Å². The molecule has 2 aliphatic rings. The van der Waals surface area contributed by atoms with Crippen LogP contribution in [0.2, 0.25) is 0 Å². The van der Waals surface area contributed by atoms with Gasteiger partial charge in [-0.05, 0) is 26.2 Å². The van der Waals surface area contributed by atoms with Gasteiger partial charge in [-0.25, -0.2) is 4.79 Å².